The molecule has 1 saturated carbocycles. The lowest BCUT2D eigenvalue weighted by Crippen LogP contribution is -2.19. The third kappa shape index (κ3) is 4.75. The number of esters is 2. The van der Waals surface area contributed by atoms with Gasteiger partial charge < -0.3 is 9.47 Å². The minimum absolute atomic E-state index is 0.145. The van der Waals surface area contributed by atoms with E-state index in [0.29, 0.717) is 37.9 Å². The quantitative estimate of drug-likeness (QED) is 0.671. The van der Waals surface area contributed by atoms with Gasteiger partial charge in [-0.3, -0.25) is 9.59 Å². The molecule has 0 aromatic rings. The lowest BCUT2D eigenvalue weighted by atomic mass is 9.90. The van der Waals surface area contributed by atoms with E-state index in [0.717, 1.165) is 19.3 Å². The molecule has 0 aliphatic heterocycles. The minimum atomic E-state index is -0.145. The van der Waals surface area contributed by atoms with Crippen molar-refractivity contribution in [3.05, 3.63) is 0 Å². The Morgan fingerprint density at radius 1 is 0.941 bits per heavy atom. The summed E-state index contributed by atoms with van der Waals surface area (Å²) in [6, 6.07) is 0. The first-order chi connectivity index (χ1) is 8.17. The molecule has 0 saturated heterocycles. The third-order valence-corrected chi connectivity index (χ3v) is 3.28. The molecule has 1 rings (SSSR count). The van der Waals surface area contributed by atoms with Crippen LogP contribution in [0.15, 0.2) is 0 Å². The zero-order valence-corrected chi connectivity index (χ0v) is 10.7. The Morgan fingerprint density at radius 3 is 1.71 bits per heavy atom. The van der Waals surface area contributed by atoms with Gasteiger partial charge in [-0.05, 0) is 38.5 Å². The van der Waals surface area contributed by atoms with E-state index in [1.54, 1.807) is 0 Å². The molecule has 2 atom stereocenters. The Balaban J connectivity index is 2.38. The lowest BCUT2D eigenvalue weighted by Gasteiger charge is -2.17. The van der Waals surface area contributed by atoms with Crippen LogP contribution in [0.4, 0.5) is 0 Å². The van der Waals surface area contributed by atoms with Crippen LogP contribution in [0.25, 0.3) is 0 Å². The zero-order chi connectivity index (χ0) is 12.7. The summed E-state index contributed by atoms with van der Waals surface area (Å²) < 4.78 is 9.90. The van der Waals surface area contributed by atoms with Crippen LogP contribution in [-0.2, 0) is 19.1 Å². The predicted molar refractivity (Wildman–Crippen MR) is 63.3 cm³/mol. The molecule has 0 amide bonds. The number of ether oxygens (including phenoxy) is 2. The van der Waals surface area contributed by atoms with Crippen LogP contribution in [0.3, 0.4) is 0 Å². The van der Waals surface area contributed by atoms with Crippen molar-refractivity contribution in [1.82, 2.24) is 0 Å². The predicted octanol–water partition coefficient (Wildman–Crippen LogP) is 2.31. The average molecular weight is 242 g/mol. The zero-order valence-electron chi connectivity index (χ0n) is 10.7. The van der Waals surface area contributed by atoms with Crippen LogP contribution in [0.5, 0.6) is 0 Å². The van der Waals surface area contributed by atoms with Crippen molar-refractivity contribution in [2.45, 2.75) is 46.0 Å². The van der Waals surface area contributed by atoms with Crippen LogP contribution < -0.4 is 0 Å². The molecule has 0 bridgehead atoms. The first-order valence-corrected chi connectivity index (χ1v) is 6.48. The van der Waals surface area contributed by atoms with E-state index < -0.39 is 0 Å². The fourth-order valence-corrected chi connectivity index (χ4v) is 2.52. The van der Waals surface area contributed by atoms with E-state index in [2.05, 4.69) is 0 Å². The van der Waals surface area contributed by atoms with Gasteiger partial charge >= 0.3 is 11.9 Å². The van der Waals surface area contributed by atoms with Crippen LogP contribution >= 0.6 is 0 Å². The second-order valence-electron chi connectivity index (χ2n) is 4.47. The lowest BCUT2D eigenvalue weighted by molar-refractivity contribution is -0.147. The molecule has 4 heteroatoms. The SMILES string of the molecule is CCOC(=O)C[C@@H]1CCC[C@H]1CC(=O)OCC. The Hall–Kier alpha value is -1.06. The van der Waals surface area contributed by atoms with Crippen molar-refractivity contribution in [2.75, 3.05) is 13.2 Å². The molecule has 98 valence electrons. The van der Waals surface area contributed by atoms with Crippen molar-refractivity contribution >= 4 is 11.9 Å². The normalized spacial score (nSPS) is 23.4. The molecule has 0 aromatic carbocycles. The van der Waals surface area contributed by atoms with Crippen molar-refractivity contribution in [3.63, 3.8) is 0 Å². The number of carbonyl (C=O) groups is 2. The molecule has 4 nitrogen and oxygen atoms in total. The Labute approximate surface area is 103 Å². The highest BCUT2D eigenvalue weighted by molar-refractivity contribution is 5.71. The Kier molecular flexibility index (Phi) is 6.01. The number of rotatable bonds is 6. The first-order valence-electron chi connectivity index (χ1n) is 6.48. The van der Waals surface area contributed by atoms with Crippen LogP contribution in [0.1, 0.15) is 46.0 Å². The third-order valence-electron chi connectivity index (χ3n) is 3.28. The van der Waals surface area contributed by atoms with Gasteiger partial charge in [-0.25, -0.2) is 0 Å². The monoisotopic (exact) mass is 242 g/mol. The maximum absolute atomic E-state index is 11.4. The molecular weight excluding hydrogens is 220 g/mol. The Bertz CT molecular complexity index is 236. The number of hydrogen-bond acceptors (Lipinski definition) is 4. The summed E-state index contributed by atoms with van der Waals surface area (Å²) in [5.74, 6) is 0.290. The molecule has 0 N–H and O–H groups in total. The topological polar surface area (TPSA) is 52.6 Å². The summed E-state index contributed by atoms with van der Waals surface area (Å²) >= 11 is 0. The van der Waals surface area contributed by atoms with Crippen molar-refractivity contribution < 1.29 is 19.1 Å². The van der Waals surface area contributed by atoms with Gasteiger partial charge in [0, 0.05) is 12.8 Å². The van der Waals surface area contributed by atoms with Gasteiger partial charge in [-0.1, -0.05) is 6.42 Å². The second-order valence-corrected chi connectivity index (χ2v) is 4.47. The summed E-state index contributed by atoms with van der Waals surface area (Å²) in [6.07, 6.45) is 4.01. The maximum Gasteiger partial charge on any atom is 0.306 e. The summed E-state index contributed by atoms with van der Waals surface area (Å²) in [7, 11) is 0. The van der Waals surface area contributed by atoms with E-state index in [4.69, 9.17) is 9.47 Å². The van der Waals surface area contributed by atoms with Crippen LogP contribution in [0, 0.1) is 11.8 Å². The smallest absolute Gasteiger partial charge is 0.306 e. The molecule has 17 heavy (non-hydrogen) atoms. The molecule has 1 fully saturated rings. The van der Waals surface area contributed by atoms with E-state index in [1.807, 2.05) is 13.8 Å². The van der Waals surface area contributed by atoms with Crippen LogP contribution in [0.2, 0.25) is 0 Å². The van der Waals surface area contributed by atoms with E-state index in [1.165, 1.54) is 0 Å². The van der Waals surface area contributed by atoms with Gasteiger partial charge in [0.15, 0.2) is 0 Å². The fraction of sp³-hybridized carbons (Fsp3) is 0.846. The van der Waals surface area contributed by atoms with E-state index in [9.17, 15) is 9.59 Å². The standard InChI is InChI=1S/C13H22O4/c1-3-16-12(14)8-10-6-5-7-11(10)9-13(15)17-4-2/h10-11H,3-9H2,1-2H3/t10-,11-/m0/s1. The summed E-state index contributed by atoms with van der Waals surface area (Å²) in [5, 5.41) is 0. The highest BCUT2D eigenvalue weighted by Gasteiger charge is 2.31. The highest BCUT2D eigenvalue weighted by Crippen LogP contribution is 2.36. The van der Waals surface area contributed by atoms with Gasteiger partial charge in [0.2, 0.25) is 0 Å². The summed E-state index contributed by atoms with van der Waals surface area (Å²) in [5.41, 5.74) is 0. The summed E-state index contributed by atoms with van der Waals surface area (Å²) in [6.45, 7) is 4.47. The van der Waals surface area contributed by atoms with Gasteiger partial charge in [0.1, 0.15) is 0 Å². The van der Waals surface area contributed by atoms with Crippen molar-refractivity contribution in [1.29, 1.82) is 0 Å². The molecule has 1 aliphatic rings. The molecular formula is C13H22O4. The number of carbonyl (C=O) groups excluding carboxylic acids is 2. The van der Waals surface area contributed by atoms with Crippen LogP contribution in [-0.4, -0.2) is 25.2 Å². The molecule has 0 spiro atoms. The van der Waals surface area contributed by atoms with Crippen molar-refractivity contribution in [2.24, 2.45) is 11.8 Å². The highest BCUT2D eigenvalue weighted by atomic mass is 16.5. The second kappa shape index (κ2) is 7.30. The molecule has 0 radical (unpaired) electrons. The minimum Gasteiger partial charge on any atom is -0.466 e. The molecule has 0 unspecified atom stereocenters. The van der Waals surface area contributed by atoms with E-state index in [-0.39, 0.29) is 11.9 Å². The average Bonchev–Trinajstić information content (AvgIpc) is 2.66. The molecule has 0 heterocycles. The van der Waals surface area contributed by atoms with E-state index >= 15 is 0 Å². The van der Waals surface area contributed by atoms with Gasteiger partial charge in [0.05, 0.1) is 13.2 Å². The largest absolute Gasteiger partial charge is 0.466 e. The van der Waals surface area contributed by atoms with Gasteiger partial charge in [-0.2, -0.15) is 0 Å². The Morgan fingerprint density at radius 2 is 1.35 bits per heavy atom. The van der Waals surface area contributed by atoms with Crippen molar-refractivity contribution in [3.8, 4) is 0 Å². The summed E-state index contributed by atoms with van der Waals surface area (Å²) in [4.78, 5) is 22.8. The van der Waals surface area contributed by atoms with Gasteiger partial charge in [-0.15, -0.1) is 0 Å². The molecule has 0 aromatic heterocycles. The number of hydrogen-bond donors (Lipinski definition) is 0. The fourth-order valence-electron chi connectivity index (χ4n) is 2.52. The first kappa shape index (κ1) is 14.0. The maximum atomic E-state index is 11.4. The van der Waals surface area contributed by atoms with Gasteiger partial charge in [0.25, 0.3) is 0 Å². The molecule has 1 aliphatic carbocycles.